The number of rotatable bonds is 8. The molecule has 0 heterocycles. The Balaban J connectivity index is 3.37. The van der Waals surface area contributed by atoms with Gasteiger partial charge in [0.15, 0.2) is 0 Å². The first-order chi connectivity index (χ1) is 7.31. The van der Waals surface area contributed by atoms with Crippen LogP contribution >= 0.6 is 0 Å². The van der Waals surface area contributed by atoms with Gasteiger partial charge >= 0.3 is 5.97 Å². The van der Waals surface area contributed by atoms with Gasteiger partial charge in [-0.25, -0.2) is 4.79 Å². The number of hydrogen-bond acceptors (Lipinski definition) is 2. The van der Waals surface area contributed by atoms with Crippen LogP contribution in [0.2, 0.25) is 0 Å². The Morgan fingerprint density at radius 1 is 1.27 bits per heavy atom. The van der Waals surface area contributed by atoms with Crippen molar-refractivity contribution in [2.75, 3.05) is 6.61 Å². The minimum atomic E-state index is -0.289. The predicted octanol–water partition coefficient (Wildman–Crippen LogP) is 3.41. The van der Waals surface area contributed by atoms with E-state index in [-0.39, 0.29) is 12.6 Å². The fraction of sp³-hybridized carbons (Fsp3) is 0.462. The quantitative estimate of drug-likeness (QED) is 0.264. The van der Waals surface area contributed by atoms with E-state index >= 15 is 0 Å². The third-order valence-electron chi connectivity index (χ3n) is 1.82. The number of carbonyl (C=O) groups excluding carboxylic acids is 1. The Labute approximate surface area is 92.3 Å². The fourth-order valence-electron chi connectivity index (χ4n) is 1.06. The molecule has 0 amide bonds. The highest BCUT2D eigenvalue weighted by molar-refractivity contribution is 5.81. The van der Waals surface area contributed by atoms with Crippen molar-refractivity contribution in [1.29, 1.82) is 0 Å². The van der Waals surface area contributed by atoms with Gasteiger partial charge in [-0.15, -0.1) is 0 Å². The van der Waals surface area contributed by atoms with Crippen LogP contribution in [0.25, 0.3) is 0 Å². The lowest BCUT2D eigenvalue weighted by molar-refractivity contribution is -0.136. The summed E-state index contributed by atoms with van der Waals surface area (Å²) >= 11 is 0. The monoisotopic (exact) mass is 208 g/mol. The van der Waals surface area contributed by atoms with Crippen molar-refractivity contribution in [3.63, 3.8) is 0 Å². The molecule has 0 unspecified atom stereocenters. The first kappa shape index (κ1) is 13.7. The van der Waals surface area contributed by atoms with E-state index in [1.54, 1.807) is 6.08 Å². The van der Waals surface area contributed by atoms with Crippen molar-refractivity contribution >= 4 is 5.97 Å². The molecule has 0 aromatic rings. The van der Waals surface area contributed by atoms with E-state index in [4.69, 9.17) is 4.74 Å². The van der Waals surface area contributed by atoms with Gasteiger partial charge in [0, 0.05) is 6.08 Å². The first-order valence-electron chi connectivity index (χ1n) is 5.36. The highest BCUT2D eigenvalue weighted by Crippen LogP contribution is 2.01. The minimum Gasteiger partial charge on any atom is -0.458 e. The van der Waals surface area contributed by atoms with Crippen LogP contribution in [0.3, 0.4) is 0 Å². The maximum Gasteiger partial charge on any atom is 0.330 e. The lowest BCUT2D eigenvalue weighted by Gasteiger charge is -1.95. The van der Waals surface area contributed by atoms with Crippen molar-refractivity contribution in [2.45, 2.75) is 32.6 Å². The van der Waals surface area contributed by atoms with Crippen molar-refractivity contribution in [3.8, 4) is 0 Å². The van der Waals surface area contributed by atoms with E-state index in [9.17, 15) is 4.79 Å². The summed E-state index contributed by atoms with van der Waals surface area (Å²) in [7, 11) is 0. The molecule has 0 aliphatic heterocycles. The van der Waals surface area contributed by atoms with E-state index in [1.165, 1.54) is 6.08 Å². The summed E-state index contributed by atoms with van der Waals surface area (Å²) in [5, 5.41) is 0. The zero-order chi connectivity index (χ0) is 11.4. The molecule has 15 heavy (non-hydrogen) atoms. The van der Waals surface area contributed by atoms with Crippen LogP contribution in [0.4, 0.5) is 0 Å². The Bertz CT molecular complexity index is 227. The standard InChI is InChI=1S/C13H20O2/c1-3-5-6-7-8-9-10-11-13(14)15-12-4-2/h3-5,10-11H,2,6-9,12H2,1H3. The van der Waals surface area contributed by atoms with Gasteiger partial charge in [-0.1, -0.05) is 30.9 Å². The number of ether oxygens (including phenoxy) is 1. The van der Waals surface area contributed by atoms with E-state index < -0.39 is 0 Å². The van der Waals surface area contributed by atoms with Crippen molar-refractivity contribution in [3.05, 3.63) is 37.0 Å². The summed E-state index contributed by atoms with van der Waals surface area (Å²) < 4.78 is 4.78. The van der Waals surface area contributed by atoms with Crippen molar-refractivity contribution in [2.24, 2.45) is 0 Å². The molecule has 0 rings (SSSR count). The molecule has 0 fully saturated rings. The van der Waals surface area contributed by atoms with E-state index in [0.29, 0.717) is 0 Å². The SMILES string of the molecule is C=CCOC(=O)C=CCCCCC=CC. The lowest BCUT2D eigenvalue weighted by Crippen LogP contribution is -1.99. The number of unbranched alkanes of at least 4 members (excludes halogenated alkanes) is 3. The number of allylic oxidation sites excluding steroid dienone is 3. The largest absolute Gasteiger partial charge is 0.458 e. The molecule has 0 saturated heterocycles. The summed E-state index contributed by atoms with van der Waals surface area (Å²) in [6.45, 7) is 5.77. The number of carbonyl (C=O) groups is 1. The van der Waals surface area contributed by atoms with Crippen LogP contribution in [0.15, 0.2) is 37.0 Å². The molecule has 0 bridgehead atoms. The molecule has 0 radical (unpaired) electrons. The second-order valence-corrected chi connectivity index (χ2v) is 3.17. The maximum absolute atomic E-state index is 11.0. The molecular weight excluding hydrogens is 188 g/mol. The van der Waals surface area contributed by atoms with Gasteiger partial charge < -0.3 is 4.74 Å². The summed E-state index contributed by atoms with van der Waals surface area (Å²) in [4.78, 5) is 11.0. The third kappa shape index (κ3) is 10.6. The predicted molar refractivity (Wildman–Crippen MR) is 63.6 cm³/mol. The number of hydrogen-bond donors (Lipinski definition) is 0. The Morgan fingerprint density at radius 3 is 2.53 bits per heavy atom. The molecule has 2 heteroatoms. The van der Waals surface area contributed by atoms with E-state index in [0.717, 1.165) is 25.7 Å². The number of esters is 1. The molecule has 2 nitrogen and oxygen atoms in total. The smallest absolute Gasteiger partial charge is 0.330 e. The topological polar surface area (TPSA) is 26.3 Å². The summed E-state index contributed by atoms with van der Waals surface area (Å²) in [5.41, 5.74) is 0. The van der Waals surface area contributed by atoms with Gasteiger partial charge in [0.25, 0.3) is 0 Å². The average Bonchev–Trinajstić information content (AvgIpc) is 2.25. The molecule has 0 N–H and O–H groups in total. The molecule has 0 aliphatic carbocycles. The van der Waals surface area contributed by atoms with Crippen LogP contribution in [-0.2, 0) is 9.53 Å². The summed E-state index contributed by atoms with van der Waals surface area (Å²) in [5.74, 6) is -0.289. The summed E-state index contributed by atoms with van der Waals surface area (Å²) in [6.07, 6.45) is 13.4. The molecule has 84 valence electrons. The van der Waals surface area contributed by atoms with E-state index in [2.05, 4.69) is 18.7 Å². The van der Waals surface area contributed by atoms with Gasteiger partial charge in [0.1, 0.15) is 6.61 Å². The van der Waals surface area contributed by atoms with Crippen LogP contribution in [0.1, 0.15) is 32.6 Å². The molecule has 0 spiro atoms. The molecule has 0 saturated carbocycles. The first-order valence-corrected chi connectivity index (χ1v) is 5.36. The zero-order valence-electron chi connectivity index (χ0n) is 9.45. The van der Waals surface area contributed by atoms with Crippen LogP contribution < -0.4 is 0 Å². The second-order valence-electron chi connectivity index (χ2n) is 3.17. The van der Waals surface area contributed by atoms with Gasteiger partial charge in [0.2, 0.25) is 0 Å². The van der Waals surface area contributed by atoms with Gasteiger partial charge in [0.05, 0.1) is 0 Å². The maximum atomic E-state index is 11.0. The third-order valence-corrected chi connectivity index (χ3v) is 1.82. The molecular formula is C13H20O2. The highest BCUT2D eigenvalue weighted by Gasteiger charge is 1.92. The van der Waals surface area contributed by atoms with E-state index in [1.807, 2.05) is 13.0 Å². The van der Waals surface area contributed by atoms with Gasteiger partial charge in [-0.05, 0) is 32.6 Å². The second kappa shape index (κ2) is 10.8. The molecule has 0 aromatic carbocycles. The Hall–Kier alpha value is -1.31. The summed E-state index contributed by atoms with van der Waals surface area (Å²) in [6, 6.07) is 0. The Kier molecular flexibility index (Phi) is 9.83. The fourth-order valence-corrected chi connectivity index (χ4v) is 1.06. The highest BCUT2D eigenvalue weighted by atomic mass is 16.5. The molecule has 0 aromatic heterocycles. The van der Waals surface area contributed by atoms with Crippen LogP contribution in [0.5, 0.6) is 0 Å². The van der Waals surface area contributed by atoms with Crippen molar-refractivity contribution in [1.82, 2.24) is 0 Å². The van der Waals surface area contributed by atoms with Crippen LogP contribution in [-0.4, -0.2) is 12.6 Å². The Morgan fingerprint density at radius 2 is 1.93 bits per heavy atom. The van der Waals surface area contributed by atoms with Crippen molar-refractivity contribution < 1.29 is 9.53 Å². The van der Waals surface area contributed by atoms with Gasteiger partial charge in [-0.3, -0.25) is 0 Å². The lowest BCUT2D eigenvalue weighted by atomic mass is 10.2. The normalized spacial score (nSPS) is 11.0. The molecule has 0 atom stereocenters. The average molecular weight is 208 g/mol. The van der Waals surface area contributed by atoms with Crippen LogP contribution in [0, 0.1) is 0 Å². The molecule has 0 aliphatic rings. The zero-order valence-corrected chi connectivity index (χ0v) is 9.45. The minimum absolute atomic E-state index is 0.282. The van der Waals surface area contributed by atoms with Gasteiger partial charge in [-0.2, -0.15) is 0 Å².